The second-order valence-electron chi connectivity index (χ2n) is 7.58. The Morgan fingerprint density at radius 2 is 1.72 bits per heavy atom. The van der Waals surface area contributed by atoms with Crippen LogP contribution in [0.2, 0.25) is 0 Å². The standard InChI is InChI=1S/C21H18F3NO4/c22-21(23,24)29-16-4-1-13(2-5-16)14-3-6-17-15(11-14)7-8-19(9-10-19)20(17,12-26)25-18(27)28/h1-6,11-12,25H,7-10H2,(H,27,28)/t20-/m1/s1. The van der Waals surface area contributed by atoms with Gasteiger partial charge in [0.25, 0.3) is 0 Å². The van der Waals surface area contributed by atoms with E-state index in [1.807, 2.05) is 6.07 Å². The molecule has 1 fully saturated rings. The summed E-state index contributed by atoms with van der Waals surface area (Å²) in [5.74, 6) is -0.305. The van der Waals surface area contributed by atoms with Crippen molar-refractivity contribution in [3.63, 3.8) is 0 Å². The highest BCUT2D eigenvalue weighted by Crippen LogP contribution is 2.63. The number of carboxylic acid groups (broad SMARTS) is 1. The summed E-state index contributed by atoms with van der Waals surface area (Å²) in [7, 11) is 0. The lowest BCUT2D eigenvalue weighted by Gasteiger charge is -2.42. The molecule has 2 aromatic carbocycles. The van der Waals surface area contributed by atoms with Gasteiger partial charge in [-0.15, -0.1) is 13.2 Å². The summed E-state index contributed by atoms with van der Waals surface area (Å²) in [6.45, 7) is 0. The van der Waals surface area contributed by atoms with Crippen LogP contribution in [0.5, 0.6) is 5.75 Å². The minimum absolute atomic E-state index is 0.305. The van der Waals surface area contributed by atoms with E-state index in [4.69, 9.17) is 0 Å². The molecule has 29 heavy (non-hydrogen) atoms. The number of ether oxygens (including phenoxy) is 1. The zero-order valence-corrected chi connectivity index (χ0v) is 15.3. The molecule has 1 atom stereocenters. The molecule has 0 aliphatic heterocycles. The fraction of sp³-hybridized carbons (Fsp3) is 0.333. The second kappa shape index (κ2) is 6.50. The van der Waals surface area contributed by atoms with E-state index in [1.54, 1.807) is 12.1 Å². The van der Waals surface area contributed by atoms with Gasteiger partial charge >= 0.3 is 12.5 Å². The molecule has 1 amide bonds. The van der Waals surface area contributed by atoms with Crippen LogP contribution < -0.4 is 10.1 Å². The molecule has 152 valence electrons. The second-order valence-corrected chi connectivity index (χ2v) is 7.58. The lowest BCUT2D eigenvalue weighted by atomic mass is 9.67. The SMILES string of the molecule is O=C[C@@]1(NC(=O)O)c2ccc(-c3ccc(OC(F)(F)F)cc3)cc2CCC12CC2. The van der Waals surface area contributed by atoms with Crippen LogP contribution in [0.4, 0.5) is 18.0 Å². The first-order chi connectivity index (χ1) is 13.7. The highest BCUT2D eigenvalue weighted by atomic mass is 19.4. The molecule has 5 nitrogen and oxygen atoms in total. The summed E-state index contributed by atoms with van der Waals surface area (Å²) in [4.78, 5) is 23.5. The molecule has 8 heteroatoms. The largest absolute Gasteiger partial charge is 0.573 e. The molecule has 1 saturated carbocycles. The maximum Gasteiger partial charge on any atom is 0.573 e. The van der Waals surface area contributed by atoms with E-state index in [-0.39, 0.29) is 11.2 Å². The predicted molar refractivity (Wildman–Crippen MR) is 97.5 cm³/mol. The third kappa shape index (κ3) is 3.32. The van der Waals surface area contributed by atoms with E-state index < -0.39 is 18.0 Å². The maximum atomic E-state index is 12.3. The monoisotopic (exact) mass is 405 g/mol. The Kier molecular flexibility index (Phi) is 4.33. The quantitative estimate of drug-likeness (QED) is 0.727. The van der Waals surface area contributed by atoms with Crippen molar-refractivity contribution >= 4 is 12.4 Å². The van der Waals surface area contributed by atoms with E-state index in [0.717, 1.165) is 24.0 Å². The average Bonchev–Trinajstić information content (AvgIpc) is 3.44. The van der Waals surface area contributed by atoms with Gasteiger partial charge in [-0.25, -0.2) is 4.79 Å². The molecule has 4 rings (SSSR count). The first kappa shape index (κ1) is 19.3. The fourth-order valence-corrected chi connectivity index (χ4v) is 4.45. The van der Waals surface area contributed by atoms with Crippen LogP contribution >= 0.6 is 0 Å². The van der Waals surface area contributed by atoms with Crippen LogP contribution in [0.3, 0.4) is 0 Å². The van der Waals surface area contributed by atoms with E-state index in [9.17, 15) is 27.9 Å². The molecule has 2 aliphatic rings. The minimum atomic E-state index is -4.75. The van der Waals surface area contributed by atoms with Crippen molar-refractivity contribution in [2.24, 2.45) is 5.41 Å². The van der Waals surface area contributed by atoms with Crippen molar-refractivity contribution in [3.8, 4) is 16.9 Å². The normalized spacial score (nSPS) is 21.9. The summed E-state index contributed by atoms with van der Waals surface area (Å²) >= 11 is 0. The number of hydrogen-bond donors (Lipinski definition) is 2. The molecule has 1 spiro atoms. The van der Waals surface area contributed by atoms with Crippen molar-refractivity contribution in [2.45, 2.75) is 37.6 Å². The molecule has 0 radical (unpaired) electrons. The van der Waals surface area contributed by atoms with Gasteiger partial charge in [0.15, 0.2) is 6.29 Å². The number of carbonyl (C=O) groups is 2. The summed E-state index contributed by atoms with van der Waals surface area (Å²) in [6, 6.07) is 10.9. The fourth-order valence-electron chi connectivity index (χ4n) is 4.45. The molecule has 0 saturated heterocycles. The molecule has 0 aromatic heterocycles. The van der Waals surface area contributed by atoms with Gasteiger partial charge in [-0.1, -0.05) is 30.3 Å². The number of hydrogen-bond acceptors (Lipinski definition) is 3. The van der Waals surface area contributed by atoms with Gasteiger partial charge in [0, 0.05) is 5.41 Å². The van der Waals surface area contributed by atoms with E-state index in [0.29, 0.717) is 30.3 Å². The Hall–Kier alpha value is -3.03. The molecular formula is C21H18F3NO4. The van der Waals surface area contributed by atoms with E-state index >= 15 is 0 Å². The van der Waals surface area contributed by atoms with Crippen molar-refractivity contribution in [2.75, 3.05) is 0 Å². The topological polar surface area (TPSA) is 75.6 Å². The number of alkyl halides is 3. The summed E-state index contributed by atoms with van der Waals surface area (Å²) in [5, 5.41) is 11.8. The van der Waals surface area contributed by atoms with Gasteiger partial charge in [-0.3, -0.25) is 0 Å². The number of benzene rings is 2. The van der Waals surface area contributed by atoms with Gasteiger partial charge in [0.1, 0.15) is 11.3 Å². The molecule has 2 aromatic rings. The molecule has 2 aliphatic carbocycles. The van der Waals surface area contributed by atoms with E-state index in [2.05, 4.69) is 10.1 Å². The van der Waals surface area contributed by atoms with Crippen LogP contribution in [0.1, 0.15) is 30.4 Å². The average molecular weight is 405 g/mol. The summed E-state index contributed by atoms with van der Waals surface area (Å²) < 4.78 is 40.8. The minimum Gasteiger partial charge on any atom is -0.465 e. The third-order valence-corrected chi connectivity index (χ3v) is 6.00. The van der Waals surface area contributed by atoms with Gasteiger partial charge < -0.3 is 20.0 Å². The Morgan fingerprint density at radius 1 is 1.07 bits per heavy atom. The first-order valence-corrected chi connectivity index (χ1v) is 9.15. The number of amides is 1. The third-order valence-electron chi connectivity index (χ3n) is 6.00. The highest BCUT2D eigenvalue weighted by Gasteiger charge is 2.63. The number of fused-ring (bicyclic) bond motifs is 1. The molecule has 0 heterocycles. The molecule has 2 N–H and O–H groups in total. The van der Waals surface area contributed by atoms with Crippen molar-refractivity contribution < 1.29 is 32.6 Å². The Morgan fingerprint density at radius 3 is 2.28 bits per heavy atom. The van der Waals surface area contributed by atoms with Crippen LogP contribution in [0, 0.1) is 5.41 Å². The summed E-state index contributed by atoms with van der Waals surface area (Å²) in [6.07, 6.45) is -2.32. The maximum absolute atomic E-state index is 12.3. The number of rotatable bonds is 4. The van der Waals surface area contributed by atoms with Crippen LogP contribution in [0.25, 0.3) is 11.1 Å². The first-order valence-electron chi connectivity index (χ1n) is 9.15. The number of aryl methyl sites for hydroxylation is 1. The van der Waals surface area contributed by atoms with E-state index in [1.165, 1.54) is 24.3 Å². The number of carbonyl (C=O) groups excluding carboxylic acids is 1. The van der Waals surface area contributed by atoms with Crippen LogP contribution in [0.15, 0.2) is 42.5 Å². The zero-order chi connectivity index (χ0) is 20.9. The lowest BCUT2D eigenvalue weighted by Crippen LogP contribution is -2.55. The molecular weight excluding hydrogens is 387 g/mol. The highest BCUT2D eigenvalue weighted by molar-refractivity contribution is 5.81. The van der Waals surface area contributed by atoms with Crippen LogP contribution in [-0.4, -0.2) is 23.8 Å². The van der Waals surface area contributed by atoms with Crippen molar-refractivity contribution in [1.29, 1.82) is 0 Å². The van der Waals surface area contributed by atoms with Crippen molar-refractivity contribution in [3.05, 3.63) is 53.6 Å². The van der Waals surface area contributed by atoms with Crippen LogP contribution in [-0.2, 0) is 16.8 Å². The Balaban J connectivity index is 1.69. The van der Waals surface area contributed by atoms with Gasteiger partial charge in [-0.05, 0) is 60.1 Å². The van der Waals surface area contributed by atoms with Gasteiger partial charge in [0.2, 0.25) is 0 Å². The predicted octanol–water partition coefficient (Wildman–Crippen LogP) is 4.64. The molecule has 0 bridgehead atoms. The summed E-state index contributed by atoms with van der Waals surface area (Å²) in [5.41, 5.74) is 1.32. The van der Waals surface area contributed by atoms with Crippen molar-refractivity contribution in [1.82, 2.24) is 5.32 Å². The number of nitrogens with one attached hydrogen (secondary N) is 1. The van der Waals surface area contributed by atoms with Gasteiger partial charge in [-0.2, -0.15) is 0 Å². The molecule has 0 unspecified atom stereocenters. The Labute approximate surface area is 164 Å². The smallest absolute Gasteiger partial charge is 0.465 e. The van der Waals surface area contributed by atoms with Gasteiger partial charge in [0.05, 0.1) is 0 Å². The zero-order valence-electron chi connectivity index (χ0n) is 15.3. The lowest BCUT2D eigenvalue weighted by molar-refractivity contribution is -0.274. The number of aldehydes is 1. The Bertz CT molecular complexity index is 967. The number of halogens is 3.